The van der Waals surface area contributed by atoms with Crippen molar-refractivity contribution in [1.82, 2.24) is 10.2 Å². The Morgan fingerprint density at radius 1 is 1.35 bits per heavy atom. The van der Waals surface area contributed by atoms with Gasteiger partial charge >= 0.3 is 0 Å². The maximum Gasteiger partial charge on any atom is 0.194 e. The quantitative estimate of drug-likeness (QED) is 0.388. The summed E-state index contributed by atoms with van der Waals surface area (Å²) in [6, 6.07) is 5.62. The van der Waals surface area contributed by atoms with Gasteiger partial charge in [0, 0.05) is 20.1 Å². The Morgan fingerprint density at radius 2 is 2.04 bits per heavy atom. The Morgan fingerprint density at radius 3 is 2.57 bits per heavy atom. The van der Waals surface area contributed by atoms with Gasteiger partial charge in [0.1, 0.15) is 0 Å². The summed E-state index contributed by atoms with van der Waals surface area (Å²) in [6.45, 7) is 3.92. The van der Waals surface area contributed by atoms with Crippen molar-refractivity contribution < 1.29 is 5.11 Å². The van der Waals surface area contributed by atoms with Crippen molar-refractivity contribution in [2.45, 2.75) is 38.3 Å². The van der Waals surface area contributed by atoms with Crippen molar-refractivity contribution in [1.29, 1.82) is 0 Å². The van der Waals surface area contributed by atoms with Gasteiger partial charge in [0.2, 0.25) is 0 Å². The summed E-state index contributed by atoms with van der Waals surface area (Å²) in [5.41, 5.74) is 0.454. The van der Waals surface area contributed by atoms with E-state index in [4.69, 9.17) is 23.2 Å². The first-order valence-corrected chi connectivity index (χ1v) is 8.35. The SMILES string of the molecule is CCNC(=NCC1(O)CCC1)N(C)Cc1ccc(Cl)c(Cl)c1.I. The lowest BCUT2D eigenvalue weighted by atomic mass is 9.80. The van der Waals surface area contributed by atoms with E-state index >= 15 is 0 Å². The summed E-state index contributed by atoms with van der Waals surface area (Å²) in [4.78, 5) is 6.58. The number of nitrogens with zero attached hydrogens (tertiary/aromatic N) is 2. The van der Waals surface area contributed by atoms with Crippen LogP contribution in [0.1, 0.15) is 31.7 Å². The standard InChI is InChI=1S/C16H23Cl2N3O.HI/c1-3-19-15(20-11-16(22)7-4-8-16)21(2)10-12-5-6-13(17)14(18)9-12;/h5-6,9,22H,3-4,7-8,10-11H2,1-2H3,(H,19,20);1H. The van der Waals surface area contributed by atoms with Gasteiger partial charge in [-0.2, -0.15) is 0 Å². The second kappa shape index (κ2) is 9.30. The van der Waals surface area contributed by atoms with Crippen molar-refractivity contribution in [2.24, 2.45) is 4.99 Å². The van der Waals surface area contributed by atoms with Crippen molar-refractivity contribution in [3.05, 3.63) is 33.8 Å². The molecular formula is C16H24Cl2IN3O. The number of rotatable bonds is 5. The topological polar surface area (TPSA) is 47.9 Å². The van der Waals surface area contributed by atoms with Gasteiger partial charge in [0.05, 0.1) is 22.2 Å². The number of halogens is 3. The molecule has 0 atom stereocenters. The lowest BCUT2D eigenvalue weighted by molar-refractivity contribution is -0.0237. The smallest absolute Gasteiger partial charge is 0.194 e. The van der Waals surface area contributed by atoms with E-state index in [-0.39, 0.29) is 24.0 Å². The normalized spacial score (nSPS) is 16.3. The van der Waals surface area contributed by atoms with Crippen molar-refractivity contribution >= 4 is 53.1 Å². The zero-order chi connectivity index (χ0) is 16.2. The first-order valence-electron chi connectivity index (χ1n) is 7.59. The van der Waals surface area contributed by atoms with Gasteiger partial charge in [0.15, 0.2) is 5.96 Å². The average molecular weight is 472 g/mol. The number of hydrogen-bond donors (Lipinski definition) is 2. The number of nitrogens with one attached hydrogen (secondary N) is 1. The van der Waals surface area contributed by atoms with E-state index < -0.39 is 5.60 Å². The molecule has 0 aromatic heterocycles. The molecule has 1 aromatic carbocycles. The molecule has 130 valence electrons. The fourth-order valence-electron chi connectivity index (χ4n) is 2.42. The minimum Gasteiger partial charge on any atom is -0.388 e. The highest BCUT2D eigenvalue weighted by atomic mass is 127. The van der Waals surface area contributed by atoms with E-state index in [2.05, 4.69) is 10.3 Å². The summed E-state index contributed by atoms with van der Waals surface area (Å²) in [5, 5.41) is 14.5. The predicted molar refractivity (Wildman–Crippen MR) is 108 cm³/mol. The molecule has 1 fully saturated rings. The highest BCUT2D eigenvalue weighted by molar-refractivity contribution is 14.0. The molecule has 0 saturated heterocycles. The first kappa shape index (κ1) is 20.8. The maximum absolute atomic E-state index is 10.2. The molecule has 0 unspecified atom stereocenters. The van der Waals surface area contributed by atoms with Crippen molar-refractivity contribution in [3.63, 3.8) is 0 Å². The Balaban J connectivity index is 0.00000264. The van der Waals surface area contributed by atoms with E-state index in [1.807, 2.05) is 31.0 Å². The zero-order valence-electron chi connectivity index (χ0n) is 13.5. The summed E-state index contributed by atoms with van der Waals surface area (Å²) in [7, 11) is 1.97. The lowest BCUT2D eigenvalue weighted by Gasteiger charge is -2.35. The van der Waals surface area contributed by atoms with Gasteiger partial charge in [-0.25, -0.2) is 0 Å². The second-order valence-electron chi connectivity index (χ2n) is 5.85. The third-order valence-electron chi connectivity index (χ3n) is 3.91. The molecule has 0 aliphatic heterocycles. The molecule has 0 heterocycles. The molecular weight excluding hydrogens is 448 g/mol. The molecule has 2 rings (SSSR count). The Labute approximate surface area is 165 Å². The number of aliphatic hydroxyl groups is 1. The Hall–Kier alpha value is -0.240. The highest BCUT2D eigenvalue weighted by Gasteiger charge is 2.34. The molecule has 1 aliphatic rings. The van der Waals surface area contributed by atoms with E-state index in [0.29, 0.717) is 23.1 Å². The Bertz CT molecular complexity index is 550. The van der Waals surface area contributed by atoms with Gasteiger partial charge < -0.3 is 15.3 Å². The molecule has 0 radical (unpaired) electrons. The third kappa shape index (κ3) is 5.96. The first-order chi connectivity index (χ1) is 10.4. The van der Waals surface area contributed by atoms with Crippen LogP contribution in [0.25, 0.3) is 0 Å². The van der Waals surface area contributed by atoms with Crippen LogP contribution in [0.15, 0.2) is 23.2 Å². The van der Waals surface area contributed by atoms with Gasteiger partial charge in [-0.1, -0.05) is 29.3 Å². The molecule has 23 heavy (non-hydrogen) atoms. The molecule has 0 spiro atoms. The van der Waals surface area contributed by atoms with Crippen LogP contribution in [0.5, 0.6) is 0 Å². The molecule has 2 N–H and O–H groups in total. The predicted octanol–water partition coefficient (Wildman–Crippen LogP) is 3.92. The second-order valence-corrected chi connectivity index (χ2v) is 6.67. The van der Waals surface area contributed by atoms with Crippen LogP contribution < -0.4 is 5.32 Å². The lowest BCUT2D eigenvalue weighted by Crippen LogP contribution is -2.43. The van der Waals surface area contributed by atoms with Crippen LogP contribution in [0.3, 0.4) is 0 Å². The van der Waals surface area contributed by atoms with E-state index in [1.165, 1.54) is 0 Å². The maximum atomic E-state index is 10.2. The van der Waals surface area contributed by atoms with Crippen LogP contribution in [0.2, 0.25) is 10.0 Å². The minimum atomic E-state index is -0.606. The van der Waals surface area contributed by atoms with Crippen LogP contribution in [0, 0.1) is 0 Å². The minimum absolute atomic E-state index is 0. The van der Waals surface area contributed by atoms with Gasteiger partial charge in [-0.05, 0) is 43.9 Å². The summed E-state index contributed by atoms with van der Waals surface area (Å²) in [5.74, 6) is 0.786. The summed E-state index contributed by atoms with van der Waals surface area (Å²) < 4.78 is 0. The molecule has 0 amide bonds. The molecule has 0 bridgehead atoms. The van der Waals surface area contributed by atoms with E-state index in [9.17, 15) is 5.11 Å². The molecule has 7 heteroatoms. The third-order valence-corrected chi connectivity index (χ3v) is 4.65. The number of hydrogen-bond acceptors (Lipinski definition) is 2. The van der Waals surface area contributed by atoms with Crippen LogP contribution in [-0.4, -0.2) is 41.7 Å². The number of aliphatic imine (C=N–C) groups is 1. The van der Waals surface area contributed by atoms with Crippen LogP contribution in [-0.2, 0) is 6.54 Å². The Kier molecular flexibility index (Phi) is 8.41. The monoisotopic (exact) mass is 471 g/mol. The van der Waals surface area contributed by atoms with Crippen LogP contribution >= 0.6 is 47.2 Å². The number of guanidine groups is 1. The molecule has 1 aliphatic carbocycles. The van der Waals surface area contributed by atoms with Crippen molar-refractivity contribution in [2.75, 3.05) is 20.1 Å². The highest BCUT2D eigenvalue weighted by Crippen LogP contribution is 2.31. The fourth-order valence-corrected chi connectivity index (χ4v) is 2.74. The van der Waals surface area contributed by atoms with Gasteiger partial charge in [-0.15, -0.1) is 24.0 Å². The zero-order valence-corrected chi connectivity index (χ0v) is 17.3. The van der Waals surface area contributed by atoms with Gasteiger partial charge in [-0.3, -0.25) is 4.99 Å². The van der Waals surface area contributed by atoms with Crippen molar-refractivity contribution in [3.8, 4) is 0 Å². The largest absolute Gasteiger partial charge is 0.388 e. The van der Waals surface area contributed by atoms with E-state index in [0.717, 1.165) is 37.3 Å². The van der Waals surface area contributed by atoms with Crippen LogP contribution in [0.4, 0.5) is 0 Å². The average Bonchev–Trinajstić information content (AvgIpc) is 2.45. The molecule has 4 nitrogen and oxygen atoms in total. The van der Waals surface area contributed by atoms with E-state index in [1.54, 1.807) is 6.07 Å². The fraction of sp³-hybridized carbons (Fsp3) is 0.562. The van der Waals surface area contributed by atoms with Gasteiger partial charge in [0.25, 0.3) is 0 Å². The summed E-state index contributed by atoms with van der Waals surface area (Å²) >= 11 is 12.0. The molecule has 1 aromatic rings. The summed E-state index contributed by atoms with van der Waals surface area (Å²) in [6.07, 6.45) is 2.76. The number of benzene rings is 1. The molecule has 1 saturated carbocycles.